The Labute approximate surface area is 129 Å². The zero-order valence-electron chi connectivity index (χ0n) is 14.3. The Morgan fingerprint density at radius 3 is 2.24 bits per heavy atom. The van der Waals surface area contributed by atoms with Gasteiger partial charge in [0, 0.05) is 25.1 Å². The van der Waals surface area contributed by atoms with E-state index in [0.29, 0.717) is 11.7 Å². The van der Waals surface area contributed by atoms with Gasteiger partial charge in [-0.25, -0.2) is 9.97 Å². The van der Waals surface area contributed by atoms with Crippen molar-refractivity contribution in [1.82, 2.24) is 14.9 Å². The van der Waals surface area contributed by atoms with Gasteiger partial charge in [-0.3, -0.25) is 0 Å². The summed E-state index contributed by atoms with van der Waals surface area (Å²) < 4.78 is 0. The van der Waals surface area contributed by atoms with Gasteiger partial charge in [0.1, 0.15) is 17.5 Å². The molecule has 1 heterocycles. The molecule has 0 aliphatic carbocycles. The minimum absolute atomic E-state index is 0.293. The van der Waals surface area contributed by atoms with Crippen molar-refractivity contribution in [2.24, 2.45) is 0 Å². The number of hydrogen-bond donors (Lipinski definition) is 1. The lowest BCUT2D eigenvalue weighted by Crippen LogP contribution is -2.30. The lowest BCUT2D eigenvalue weighted by atomic mass is 10.2. The van der Waals surface area contributed by atoms with Gasteiger partial charge < -0.3 is 15.5 Å². The van der Waals surface area contributed by atoms with Crippen LogP contribution in [0.2, 0.25) is 0 Å². The molecule has 0 saturated heterocycles. The molecular formula is C16H31N5. The Balaban J connectivity index is 2.71. The Kier molecular flexibility index (Phi) is 7.43. The molecule has 2 N–H and O–H groups in total. The first-order valence-corrected chi connectivity index (χ1v) is 8.13. The van der Waals surface area contributed by atoms with Gasteiger partial charge in [-0.05, 0) is 33.0 Å². The van der Waals surface area contributed by atoms with Gasteiger partial charge in [0.25, 0.3) is 0 Å². The first-order chi connectivity index (χ1) is 10.0. The van der Waals surface area contributed by atoms with Gasteiger partial charge in [0.2, 0.25) is 0 Å². The molecule has 120 valence electrons. The Hall–Kier alpha value is -1.36. The smallest absolute Gasteiger partial charge is 0.135 e. The Bertz CT molecular complexity index is 415. The predicted octanol–water partition coefficient (Wildman–Crippen LogP) is 2.74. The summed E-state index contributed by atoms with van der Waals surface area (Å²) in [4.78, 5) is 13.7. The molecule has 5 heteroatoms. The highest BCUT2D eigenvalue weighted by atomic mass is 15.2. The zero-order chi connectivity index (χ0) is 15.8. The first kappa shape index (κ1) is 17.7. The molecule has 1 aromatic heterocycles. The van der Waals surface area contributed by atoms with E-state index in [1.807, 2.05) is 6.07 Å². The molecule has 0 amide bonds. The van der Waals surface area contributed by atoms with E-state index < -0.39 is 0 Å². The lowest BCUT2D eigenvalue weighted by Gasteiger charge is -2.25. The maximum absolute atomic E-state index is 5.92. The molecule has 0 bridgehead atoms. The highest BCUT2D eigenvalue weighted by Crippen LogP contribution is 2.18. The van der Waals surface area contributed by atoms with Crippen molar-refractivity contribution in [3.05, 3.63) is 11.9 Å². The molecule has 0 saturated carbocycles. The number of nitrogens with zero attached hydrogens (tertiary/aromatic N) is 4. The number of hydrogen-bond acceptors (Lipinski definition) is 5. The van der Waals surface area contributed by atoms with E-state index in [4.69, 9.17) is 5.73 Å². The molecule has 0 aliphatic rings. The average Bonchev–Trinajstić information content (AvgIpc) is 2.47. The van der Waals surface area contributed by atoms with Crippen LogP contribution in [0.3, 0.4) is 0 Å². The molecule has 1 aromatic rings. The van der Waals surface area contributed by atoms with Gasteiger partial charge in [0.05, 0.1) is 0 Å². The molecule has 0 aromatic carbocycles. The summed E-state index contributed by atoms with van der Waals surface area (Å²) in [5, 5.41) is 0. The van der Waals surface area contributed by atoms with Crippen molar-refractivity contribution in [3.63, 3.8) is 0 Å². The predicted molar refractivity (Wildman–Crippen MR) is 90.8 cm³/mol. The van der Waals surface area contributed by atoms with Crippen molar-refractivity contribution in [2.75, 3.05) is 43.4 Å². The minimum atomic E-state index is 0.293. The summed E-state index contributed by atoms with van der Waals surface area (Å²) >= 11 is 0. The van der Waals surface area contributed by atoms with E-state index in [2.05, 4.69) is 54.4 Å². The standard InChI is InChI=1S/C16H31N5/c1-6-20(7-2)10-9-11-21(8-3)15-12-14(17)18-16(19-15)13(4)5/h12-13H,6-11H2,1-5H3,(H2,17,18,19). The highest BCUT2D eigenvalue weighted by Gasteiger charge is 2.11. The summed E-state index contributed by atoms with van der Waals surface area (Å²) in [5.74, 6) is 2.63. The van der Waals surface area contributed by atoms with Crippen LogP contribution in [0.4, 0.5) is 11.6 Å². The second-order valence-electron chi connectivity index (χ2n) is 5.62. The van der Waals surface area contributed by atoms with Crippen molar-refractivity contribution in [2.45, 2.75) is 47.0 Å². The van der Waals surface area contributed by atoms with E-state index in [1.165, 1.54) is 0 Å². The van der Waals surface area contributed by atoms with Gasteiger partial charge in [-0.1, -0.05) is 27.7 Å². The van der Waals surface area contributed by atoms with Gasteiger partial charge in [-0.2, -0.15) is 0 Å². The molecule has 0 fully saturated rings. The van der Waals surface area contributed by atoms with E-state index in [0.717, 1.165) is 50.8 Å². The highest BCUT2D eigenvalue weighted by molar-refractivity contribution is 5.47. The van der Waals surface area contributed by atoms with Crippen molar-refractivity contribution in [3.8, 4) is 0 Å². The van der Waals surface area contributed by atoms with Crippen LogP contribution in [-0.2, 0) is 0 Å². The van der Waals surface area contributed by atoms with Crippen LogP contribution >= 0.6 is 0 Å². The molecule has 0 atom stereocenters. The van der Waals surface area contributed by atoms with E-state index >= 15 is 0 Å². The van der Waals surface area contributed by atoms with Gasteiger partial charge in [-0.15, -0.1) is 0 Å². The van der Waals surface area contributed by atoms with Crippen LogP contribution in [0.1, 0.15) is 52.8 Å². The molecular weight excluding hydrogens is 262 g/mol. The average molecular weight is 293 g/mol. The molecule has 1 rings (SSSR count). The third-order valence-corrected chi connectivity index (χ3v) is 3.77. The monoisotopic (exact) mass is 293 g/mol. The third-order valence-electron chi connectivity index (χ3n) is 3.77. The fourth-order valence-corrected chi connectivity index (χ4v) is 2.35. The summed E-state index contributed by atoms with van der Waals surface area (Å²) in [5.41, 5.74) is 5.92. The Morgan fingerprint density at radius 2 is 1.71 bits per heavy atom. The lowest BCUT2D eigenvalue weighted by molar-refractivity contribution is 0.300. The SMILES string of the molecule is CCN(CC)CCCN(CC)c1cc(N)nc(C(C)C)n1. The number of aromatic nitrogens is 2. The van der Waals surface area contributed by atoms with Crippen molar-refractivity contribution in [1.29, 1.82) is 0 Å². The summed E-state index contributed by atoms with van der Waals surface area (Å²) in [6, 6.07) is 1.88. The number of anilines is 2. The molecule has 0 radical (unpaired) electrons. The van der Waals surface area contributed by atoms with E-state index in [-0.39, 0.29) is 0 Å². The van der Waals surface area contributed by atoms with Crippen LogP contribution in [0, 0.1) is 0 Å². The summed E-state index contributed by atoms with van der Waals surface area (Å²) in [6.45, 7) is 16.0. The summed E-state index contributed by atoms with van der Waals surface area (Å²) in [6.07, 6.45) is 1.14. The second-order valence-corrected chi connectivity index (χ2v) is 5.62. The minimum Gasteiger partial charge on any atom is -0.384 e. The molecule has 5 nitrogen and oxygen atoms in total. The third kappa shape index (κ3) is 5.50. The van der Waals surface area contributed by atoms with Crippen LogP contribution in [0.5, 0.6) is 0 Å². The van der Waals surface area contributed by atoms with E-state index in [1.54, 1.807) is 0 Å². The second kappa shape index (κ2) is 8.82. The maximum Gasteiger partial charge on any atom is 0.135 e. The topological polar surface area (TPSA) is 58.3 Å². The van der Waals surface area contributed by atoms with Crippen LogP contribution < -0.4 is 10.6 Å². The van der Waals surface area contributed by atoms with E-state index in [9.17, 15) is 0 Å². The molecule has 0 unspecified atom stereocenters. The van der Waals surface area contributed by atoms with Crippen LogP contribution in [0.25, 0.3) is 0 Å². The fourth-order valence-electron chi connectivity index (χ4n) is 2.35. The largest absolute Gasteiger partial charge is 0.384 e. The fraction of sp³-hybridized carbons (Fsp3) is 0.750. The molecule has 0 spiro atoms. The Morgan fingerprint density at radius 1 is 1.05 bits per heavy atom. The summed E-state index contributed by atoms with van der Waals surface area (Å²) in [7, 11) is 0. The molecule has 0 aliphatic heterocycles. The number of nitrogen functional groups attached to an aromatic ring is 1. The number of rotatable bonds is 9. The number of nitrogens with two attached hydrogens (primary N) is 1. The quantitative estimate of drug-likeness (QED) is 0.758. The first-order valence-electron chi connectivity index (χ1n) is 8.13. The van der Waals surface area contributed by atoms with Crippen molar-refractivity contribution >= 4 is 11.6 Å². The van der Waals surface area contributed by atoms with Gasteiger partial charge in [0.15, 0.2) is 0 Å². The van der Waals surface area contributed by atoms with Gasteiger partial charge >= 0.3 is 0 Å². The zero-order valence-corrected chi connectivity index (χ0v) is 14.3. The normalized spacial score (nSPS) is 11.4. The maximum atomic E-state index is 5.92. The molecule has 21 heavy (non-hydrogen) atoms. The van der Waals surface area contributed by atoms with Crippen LogP contribution in [0.15, 0.2) is 6.07 Å². The van der Waals surface area contributed by atoms with Crippen LogP contribution in [-0.4, -0.2) is 47.6 Å². The van der Waals surface area contributed by atoms with Crippen molar-refractivity contribution < 1.29 is 0 Å².